The first-order chi connectivity index (χ1) is 11.4. The second-order valence-corrected chi connectivity index (χ2v) is 5.67. The molecule has 0 nitrogen and oxygen atoms in total. The fraction of sp³-hybridized carbons (Fsp3) is 0. The fourth-order valence-corrected chi connectivity index (χ4v) is 3.05. The largest absolute Gasteiger partial charge is 0.0622 e. The van der Waals surface area contributed by atoms with Crippen molar-refractivity contribution in [1.29, 1.82) is 0 Å². The highest BCUT2D eigenvalue weighted by Crippen LogP contribution is 2.29. The van der Waals surface area contributed by atoms with Crippen molar-refractivity contribution in [3.05, 3.63) is 115 Å². The molecule has 4 rings (SSSR count). The van der Waals surface area contributed by atoms with Crippen LogP contribution in [0.1, 0.15) is 11.1 Å². The zero-order valence-corrected chi connectivity index (χ0v) is 12.8. The molecule has 0 atom stereocenters. The summed E-state index contributed by atoms with van der Waals surface area (Å²) in [7, 11) is 0. The Morgan fingerprint density at radius 2 is 1.13 bits per heavy atom. The van der Waals surface area contributed by atoms with E-state index < -0.39 is 0 Å². The molecule has 0 aliphatic heterocycles. The van der Waals surface area contributed by atoms with Crippen LogP contribution in [0.15, 0.2) is 97.1 Å². The van der Waals surface area contributed by atoms with E-state index in [1.807, 2.05) is 0 Å². The highest BCUT2D eigenvalue weighted by atomic mass is 14.1. The fourth-order valence-electron chi connectivity index (χ4n) is 3.05. The van der Waals surface area contributed by atoms with E-state index in [-0.39, 0.29) is 0 Å². The van der Waals surface area contributed by atoms with Gasteiger partial charge < -0.3 is 0 Å². The van der Waals surface area contributed by atoms with Gasteiger partial charge in [-0.05, 0) is 33.0 Å². The van der Waals surface area contributed by atoms with Gasteiger partial charge in [0.15, 0.2) is 0 Å². The normalized spacial score (nSPS) is 10.8. The summed E-state index contributed by atoms with van der Waals surface area (Å²) in [5, 5.41) is 2.57. The van der Waals surface area contributed by atoms with Gasteiger partial charge in [-0.15, -0.1) is 0 Å². The molecule has 4 aromatic carbocycles. The number of hydrogen-bond donors (Lipinski definition) is 0. The van der Waals surface area contributed by atoms with Crippen LogP contribution in [0.5, 0.6) is 0 Å². The molecule has 0 saturated heterocycles. The van der Waals surface area contributed by atoms with Crippen molar-refractivity contribution in [2.75, 3.05) is 0 Å². The van der Waals surface area contributed by atoms with Gasteiger partial charge >= 0.3 is 0 Å². The van der Waals surface area contributed by atoms with Gasteiger partial charge in [0.05, 0.1) is 0 Å². The molecule has 0 amide bonds. The van der Waals surface area contributed by atoms with Crippen LogP contribution in [0, 0.1) is 6.42 Å². The summed E-state index contributed by atoms with van der Waals surface area (Å²) in [5.41, 5.74) is 5.02. The van der Waals surface area contributed by atoms with E-state index in [1.165, 1.54) is 33.0 Å². The summed E-state index contributed by atoms with van der Waals surface area (Å²) in [6.07, 6.45) is 2.28. The van der Waals surface area contributed by atoms with Crippen LogP contribution in [-0.2, 0) is 0 Å². The van der Waals surface area contributed by atoms with E-state index in [0.717, 1.165) is 0 Å². The van der Waals surface area contributed by atoms with E-state index in [0.29, 0.717) is 0 Å². The standard InChI is InChI=1S/C23H17/c1-2-9-18(10-3-1)22-16-7-5-12-20(22)17-21-14-8-13-19-11-4-6-15-23(19)21/h1-17H. The first-order valence-electron chi connectivity index (χ1n) is 7.89. The highest BCUT2D eigenvalue weighted by Gasteiger charge is 2.07. The van der Waals surface area contributed by atoms with E-state index in [9.17, 15) is 0 Å². The number of fused-ring (bicyclic) bond motifs is 1. The van der Waals surface area contributed by atoms with Crippen molar-refractivity contribution in [1.82, 2.24) is 0 Å². The molecule has 0 bridgehead atoms. The third-order valence-electron chi connectivity index (χ3n) is 4.18. The summed E-state index contributed by atoms with van der Waals surface area (Å²) < 4.78 is 0. The second kappa shape index (κ2) is 6.10. The Morgan fingerprint density at radius 3 is 2.04 bits per heavy atom. The van der Waals surface area contributed by atoms with Gasteiger partial charge in [0.1, 0.15) is 0 Å². The molecule has 0 saturated carbocycles. The first kappa shape index (κ1) is 13.8. The molecule has 0 aromatic heterocycles. The van der Waals surface area contributed by atoms with E-state index in [4.69, 9.17) is 0 Å². The lowest BCUT2D eigenvalue weighted by atomic mass is 9.93. The minimum absolute atomic E-state index is 1.25. The second-order valence-electron chi connectivity index (χ2n) is 5.67. The van der Waals surface area contributed by atoms with Crippen molar-refractivity contribution >= 4 is 10.8 Å². The van der Waals surface area contributed by atoms with Gasteiger partial charge in [-0.2, -0.15) is 0 Å². The van der Waals surface area contributed by atoms with Crippen LogP contribution in [0.25, 0.3) is 21.9 Å². The van der Waals surface area contributed by atoms with Crippen LogP contribution in [0.3, 0.4) is 0 Å². The Bertz CT molecular complexity index is 931. The van der Waals surface area contributed by atoms with Crippen molar-refractivity contribution in [3.63, 3.8) is 0 Å². The van der Waals surface area contributed by atoms with Gasteiger partial charge in [0.2, 0.25) is 0 Å². The molecule has 0 N–H and O–H groups in total. The SMILES string of the molecule is [CH](c1ccccc1-c1ccccc1)c1cccc2ccccc12. The highest BCUT2D eigenvalue weighted by molar-refractivity contribution is 5.88. The van der Waals surface area contributed by atoms with Crippen LogP contribution in [0.4, 0.5) is 0 Å². The third-order valence-corrected chi connectivity index (χ3v) is 4.18. The Kier molecular flexibility index (Phi) is 3.65. The van der Waals surface area contributed by atoms with Crippen molar-refractivity contribution < 1.29 is 0 Å². The summed E-state index contributed by atoms with van der Waals surface area (Å²) in [6, 6.07) is 34.1. The van der Waals surface area contributed by atoms with Crippen molar-refractivity contribution in [2.24, 2.45) is 0 Å². The predicted molar refractivity (Wildman–Crippen MR) is 98.3 cm³/mol. The Balaban J connectivity index is 1.80. The number of benzene rings is 4. The summed E-state index contributed by atoms with van der Waals surface area (Å²) in [5.74, 6) is 0. The lowest BCUT2D eigenvalue weighted by Crippen LogP contribution is -1.91. The van der Waals surface area contributed by atoms with E-state index >= 15 is 0 Å². The quantitative estimate of drug-likeness (QED) is 0.427. The maximum absolute atomic E-state index is 2.28. The minimum atomic E-state index is 1.25. The monoisotopic (exact) mass is 293 g/mol. The first-order valence-corrected chi connectivity index (χ1v) is 7.89. The molecule has 0 aliphatic carbocycles. The number of rotatable bonds is 3. The Morgan fingerprint density at radius 1 is 0.478 bits per heavy atom. The van der Waals surface area contributed by atoms with Crippen LogP contribution in [-0.4, -0.2) is 0 Å². The molecule has 0 aliphatic rings. The molecular formula is C23H17. The summed E-state index contributed by atoms with van der Waals surface area (Å²) >= 11 is 0. The lowest BCUT2D eigenvalue weighted by molar-refractivity contribution is 1.45. The van der Waals surface area contributed by atoms with E-state index in [1.54, 1.807) is 0 Å². The molecule has 0 heteroatoms. The summed E-state index contributed by atoms with van der Waals surface area (Å²) in [6.45, 7) is 0. The molecule has 0 spiro atoms. The van der Waals surface area contributed by atoms with E-state index in [2.05, 4.69) is 103 Å². The van der Waals surface area contributed by atoms with Crippen molar-refractivity contribution in [2.45, 2.75) is 0 Å². The zero-order valence-electron chi connectivity index (χ0n) is 12.8. The van der Waals surface area contributed by atoms with Crippen LogP contribution < -0.4 is 0 Å². The van der Waals surface area contributed by atoms with Gasteiger partial charge in [-0.1, -0.05) is 97.1 Å². The molecule has 0 heterocycles. The van der Waals surface area contributed by atoms with Crippen LogP contribution >= 0.6 is 0 Å². The predicted octanol–water partition coefficient (Wildman–Crippen LogP) is 6.11. The molecule has 0 fully saturated rings. The Hall–Kier alpha value is -2.86. The lowest BCUT2D eigenvalue weighted by Gasteiger charge is -2.11. The zero-order chi connectivity index (χ0) is 15.5. The molecule has 23 heavy (non-hydrogen) atoms. The van der Waals surface area contributed by atoms with Gasteiger partial charge in [-0.25, -0.2) is 0 Å². The average molecular weight is 293 g/mol. The molecule has 109 valence electrons. The molecule has 0 unspecified atom stereocenters. The minimum Gasteiger partial charge on any atom is -0.0622 e. The van der Waals surface area contributed by atoms with Crippen molar-refractivity contribution in [3.8, 4) is 11.1 Å². The topological polar surface area (TPSA) is 0 Å². The summed E-state index contributed by atoms with van der Waals surface area (Å²) in [4.78, 5) is 0. The number of hydrogen-bond acceptors (Lipinski definition) is 0. The Labute approximate surface area is 137 Å². The maximum atomic E-state index is 2.28. The van der Waals surface area contributed by atoms with Gasteiger partial charge in [0.25, 0.3) is 0 Å². The van der Waals surface area contributed by atoms with Crippen LogP contribution in [0.2, 0.25) is 0 Å². The molecule has 1 radical (unpaired) electrons. The molecular weight excluding hydrogens is 276 g/mol. The average Bonchev–Trinajstić information content (AvgIpc) is 2.63. The third kappa shape index (κ3) is 2.76. The van der Waals surface area contributed by atoms with Gasteiger partial charge in [-0.3, -0.25) is 0 Å². The smallest absolute Gasteiger partial charge is 0.0211 e. The molecule has 4 aromatic rings. The van der Waals surface area contributed by atoms with Gasteiger partial charge in [0, 0.05) is 6.42 Å². The maximum Gasteiger partial charge on any atom is 0.0211 e.